The van der Waals surface area contributed by atoms with Crippen LogP contribution in [0, 0.1) is 6.92 Å². The Balaban J connectivity index is 2.24. The number of ether oxygens (including phenoxy) is 1. The van der Waals surface area contributed by atoms with E-state index < -0.39 is 0 Å². The fraction of sp³-hybridized carbons (Fsp3) is 0.733. The van der Waals surface area contributed by atoms with E-state index in [1.807, 2.05) is 0 Å². The maximum absolute atomic E-state index is 5.61. The van der Waals surface area contributed by atoms with Gasteiger partial charge in [-0.25, -0.2) is 9.97 Å². The molecule has 5 nitrogen and oxygen atoms in total. The average Bonchev–Trinajstić information content (AvgIpc) is 2.81. The number of anilines is 2. The first kappa shape index (κ1) is 15.0. The van der Waals surface area contributed by atoms with Crippen molar-refractivity contribution in [2.75, 3.05) is 23.8 Å². The van der Waals surface area contributed by atoms with E-state index in [0.29, 0.717) is 6.04 Å². The molecule has 112 valence electrons. The fourth-order valence-corrected chi connectivity index (χ4v) is 2.48. The molecule has 20 heavy (non-hydrogen) atoms. The molecular weight excluding hydrogens is 252 g/mol. The third-order valence-corrected chi connectivity index (χ3v) is 3.71. The van der Waals surface area contributed by atoms with Crippen LogP contribution < -0.4 is 10.6 Å². The molecule has 1 aliphatic heterocycles. The molecule has 2 unspecified atom stereocenters. The van der Waals surface area contributed by atoms with Crippen LogP contribution in [0.4, 0.5) is 11.6 Å². The van der Waals surface area contributed by atoms with E-state index in [0.717, 1.165) is 55.4 Å². The van der Waals surface area contributed by atoms with Gasteiger partial charge in [-0.1, -0.05) is 6.92 Å². The van der Waals surface area contributed by atoms with Gasteiger partial charge in [0.2, 0.25) is 0 Å². The molecule has 0 bridgehead atoms. The molecule has 1 aromatic heterocycles. The number of hydrogen-bond donors (Lipinski definition) is 2. The van der Waals surface area contributed by atoms with Crippen LogP contribution in [0.1, 0.15) is 45.0 Å². The topological polar surface area (TPSA) is 59.1 Å². The first-order chi connectivity index (χ1) is 9.65. The van der Waals surface area contributed by atoms with Crippen LogP contribution in [-0.2, 0) is 11.2 Å². The standard InChI is InChI=1S/C15H26N4O/c1-5-7-13-18-14(16-6-2)10(3)15(19-13)17-12-8-9-20-11(12)4/h11-12H,5-9H2,1-4H3,(H2,16,17,18,19). The Morgan fingerprint density at radius 3 is 2.60 bits per heavy atom. The van der Waals surface area contributed by atoms with Gasteiger partial charge >= 0.3 is 0 Å². The quantitative estimate of drug-likeness (QED) is 0.838. The Bertz CT molecular complexity index is 450. The second kappa shape index (κ2) is 6.88. The van der Waals surface area contributed by atoms with Crippen molar-refractivity contribution < 1.29 is 4.74 Å². The molecule has 2 heterocycles. The van der Waals surface area contributed by atoms with Gasteiger partial charge in [0.15, 0.2) is 0 Å². The van der Waals surface area contributed by atoms with E-state index in [1.54, 1.807) is 0 Å². The lowest BCUT2D eigenvalue weighted by atomic mass is 10.1. The Hall–Kier alpha value is -1.36. The number of rotatable bonds is 6. The van der Waals surface area contributed by atoms with Gasteiger partial charge in [-0.15, -0.1) is 0 Å². The predicted octanol–water partition coefficient (Wildman–Crippen LogP) is 2.76. The molecule has 0 saturated carbocycles. The third kappa shape index (κ3) is 3.39. The van der Waals surface area contributed by atoms with E-state index in [4.69, 9.17) is 4.74 Å². The zero-order valence-corrected chi connectivity index (χ0v) is 13.0. The van der Waals surface area contributed by atoms with E-state index in [9.17, 15) is 0 Å². The minimum Gasteiger partial charge on any atom is -0.376 e. The summed E-state index contributed by atoms with van der Waals surface area (Å²) >= 11 is 0. The normalized spacial score (nSPS) is 22.0. The number of nitrogens with one attached hydrogen (secondary N) is 2. The van der Waals surface area contributed by atoms with Gasteiger partial charge in [-0.05, 0) is 33.6 Å². The summed E-state index contributed by atoms with van der Waals surface area (Å²) in [5.74, 6) is 2.80. The molecule has 2 rings (SSSR count). The van der Waals surface area contributed by atoms with Gasteiger partial charge < -0.3 is 15.4 Å². The Labute approximate surface area is 121 Å². The maximum Gasteiger partial charge on any atom is 0.135 e. The summed E-state index contributed by atoms with van der Waals surface area (Å²) in [6, 6.07) is 0.340. The molecule has 2 atom stereocenters. The number of hydrogen-bond acceptors (Lipinski definition) is 5. The molecule has 5 heteroatoms. The monoisotopic (exact) mass is 278 g/mol. The lowest BCUT2D eigenvalue weighted by Crippen LogP contribution is -2.28. The van der Waals surface area contributed by atoms with Crippen LogP contribution in [0.5, 0.6) is 0 Å². The van der Waals surface area contributed by atoms with Crippen LogP contribution in [0.2, 0.25) is 0 Å². The SMILES string of the molecule is CCCc1nc(NCC)c(C)c(NC2CCOC2C)n1. The highest BCUT2D eigenvalue weighted by atomic mass is 16.5. The lowest BCUT2D eigenvalue weighted by Gasteiger charge is -2.20. The number of aryl methyl sites for hydroxylation is 1. The molecule has 0 aromatic carbocycles. The zero-order chi connectivity index (χ0) is 14.5. The highest BCUT2D eigenvalue weighted by molar-refractivity contribution is 5.57. The van der Waals surface area contributed by atoms with E-state index >= 15 is 0 Å². The van der Waals surface area contributed by atoms with Crippen molar-refractivity contribution >= 4 is 11.6 Å². The minimum absolute atomic E-state index is 0.238. The summed E-state index contributed by atoms with van der Waals surface area (Å²) in [5.41, 5.74) is 1.09. The minimum atomic E-state index is 0.238. The lowest BCUT2D eigenvalue weighted by molar-refractivity contribution is 0.121. The van der Waals surface area contributed by atoms with Gasteiger partial charge in [0.25, 0.3) is 0 Å². The van der Waals surface area contributed by atoms with Gasteiger partial charge in [-0.2, -0.15) is 0 Å². The Kier molecular flexibility index (Phi) is 5.17. The number of aromatic nitrogens is 2. The van der Waals surface area contributed by atoms with Crippen molar-refractivity contribution in [1.29, 1.82) is 0 Å². The summed E-state index contributed by atoms with van der Waals surface area (Å²) in [7, 11) is 0. The summed E-state index contributed by atoms with van der Waals surface area (Å²) in [6.07, 6.45) is 3.23. The molecule has 2 N–H and O–H groups in total. The zero-order valence-electron chi connectivity index (χ0n) is 13.0. The van der Waals surface area contributed by atoms with Crippen molar-refractivity contribution in [1.82, 2.24) is 9.97 Å². The van der Waals surface area contributed by atoms with Crippen molar-refractivity contribution in [3.8, 4) is 0 Å². The Morgan fingerprint density at radius 1 is 1.25 bits per heavy atom. The largest absolute Gasteiger partial charge is 0.376 e. The third-order valence-electron chi connectivity index (χ3n) is 3.71. The highest BCUT2D eigenvalue weighted by Crippen LogP contribution is 2.24. The van der Waals surface area contributed by atoms with Crippen molar-refractivity contribution in [2.45, 2.75) is 59.1 Å². The van der Waals surface area contributed by atoms with Gasteiger partial charge in [0, 0.05) is 25.1 Å². The summed E-state index contributed by atoms with van der Waals surface area (Å²) in [6.45, 7) is 10.1. The molecule has 0 radical (unpaired) electrons. The molecule has 1 fully saturated rings. The van der Waals surface area contributed by atoms with E-state index in [2.05, 4.69) is 48.3 Å². The first-order valence-corrected chi connectivity index (χ1v) is 7.65. The fourth-order valence-electron chi connectivity index (χ4n) is 2.48. The molecule has 1 aromatic rings. The number of nitrogens with zero attached hydrogens (tertiary/aromatic N) is 2. The van der Waals surface area contributed by atoms with E-state index in [1.165, 1.54) is 0 Å². The van der Waals surface area contributed by atoms with Crippen LogP contribution >= 0.6 is 0 Å². The molecular formula is C15H26N4O. The molecule has 0 amide bonds. The molecule has 1 saturated heterocycles. The highest BCUT2D eigenvalue weighted by Gasteiger charge is 2.25. The molecule has 0 aliphatic carbocycles. The van der Waals surface area contributed by atoms with Gasteiger partial charge in [-0.3, -0.25) is 0 Å². The van der Waals surface area contributed by atoms with Gasteiger partial charge in [0.1, 0.15) is 17.5 Å². The average molecular weight is 278 g/mol. The summed E-state index contributed by atoms with van der Waals surface area (Å²) < 4.78 is 5.61. The first-order valence-electron chi connectivity index (χ1n) is 7.65. The smallest absolute Gasteiger partial charge is 0.135 e. The van der Waals surface area contributed by atoms with Crippen molar-refractivity contribution in [3.63, 3.8) is 0 Å². The summed E-state index contributed by atoms with van der Waals surface area (Å²) in [4.78, 5) is 9.30. The Morgan fingerprint density at radius 2 is 2.00 bits per heavy atom. The van der Waals surface area contributed by atoms with Crippen LogP contribution in [0.15, 0.2) is 0 Å². The molecule has 0 spiro atoms. The second-order valence-corrected chi connectivity index (χ2v) is 5.36. The maximum atomic E-state index is 5.61. The van der Waals surface area contributed by atoms with Crippen molar-refractivity contribution in [2.24, 2.45) is 0 Å². The molecule has 1 aliphatic rings. The van der Waals surface area contributed by atoms with Crippen LogP contribution in [-0.4, -0.2) is 35.3 Å². The second-order valence-electron chi connectivity index (χ2n) is 5.36. The van der Waals surface area contributed by atoms with Crippen LogP contribution in [0.3, 0.4) is 0 Å². The summed E-state index contributed by atoms with van der Waals surface area (Å²) in [5, 5.41) is 6.87. The van der Waals surface area contributed by atoms with Crippen molar-refractivity contribution in [3.05, 3.63) is 11.4 Å². The van der Waals surface area contributed by atoms with E-state index in [-0.39, 0.29) is 6.10 Å². The van der Waals surface area contributed by atoms with Crippen LogP contribution in [0.25, 0.3) is 0 Å². The predicted molar refractivity (Wildman–Crippen MR) is 82.4 cm³/mol. The van der Waals surface area contributed by atoms with Gasteiger partial charge in [0.05, 0.1) is 12.1 Å².